The third-order valence-electron chi connectivity index (χ3n) is 4.12. The molecule has 0 spiro atoms. The van der Waals surface area contributed by atoms with Gasteiger partial charge in [-0.3, -0.25) is 4.79 Å². The Kier molecular flexibility index (Phi) is 7.32. The lowest BCUT2D eigenvalue weighted by Crippen LogP contribution is -2.19. The second-order valence-corrected chi connectivity index (χ2v) is 5.99. The summed E-state index contributed by atoms with van der Waals surface area (Å²) in [5.74, 6) is -1.91. The smallest absolute Gasteiger partial charge is 0.341 e. The van der Waals surface area contributed by atoms with Crippen LogP contribution in [-0.4, -0.2) is 41.9 Å². The van der Waals surface area contributed by atoms with Crippen LogP contribution in [0.4, 0.5) is 10.1 Å². The monoisotopic (exact) mass is 379 g/mol. The molecule has 1 aliphatic rings. The number of anilines is 1. The lowest BCUT2D eigenvalue weighted by Gasteiger charge is -2.14. The minimum Gasteiger partial charge on any atom is -0.477 e. The van der Waals surface area contributed by atoms with Crippen molar-refractivity contribution in [1.82, 2.24) is 4.57 Å². The molecule has 148 valence electrons. The molecule has 27 heavy (non-hydrogen) atoms. The fourth-order valence-electron chi connectivity index (χ4n) is 2.76. The molecule has 0 atom stereocenters. The van der Waals surface area contributed by atoms with Crippen LogP contribution in [-0.2, 0) is 4.74 Å². The van der Waals surface area contributed by atoms with E-state index in [0.717, 1.165) is 18.9 Å². The minimum atomic E-state index is -1.30. The van der Waals surface area contributed by atoms with Crippen molar-refractivity contribution in [2.24, 2.45) is 5.73 Å². The summed E-state index contributed by atoms with van der Waals surface area (Å²) in [5, 5.41) is 12.2. The zero-order chi connectivity index (χ0) is 20.0. The highest BCUT2D eigenvalue weighted by Crippen LogP contribution is 2.37. The summed E-state index contributed by atoms with van der Waals surface area (Å²) < 4.78 is 21.3. The van der Waals surface area contributed by atoms with Crippen molar-refractivity contribution in [2.45, 2.75) is 32.7 Å². The van der Waals surface area contributed by atoms with Gasteiger partial charge in [-0.05, 0) is 25.0 Å². The van der Waals surface area contributed by atoms with E-state index in [1.54, 1.807) is 10.6 Å². The van der Waals surface area contributed by atoms with Crippen molar-refractivity contribution < 1.29 is 19.0 Å². The highest BCUT2D eigenvalue weighted by molar-refractivity contribution is 5.93. The van der Waals surface area contributed by atoms with E-state index in [4.69, 9.17) is 10.5 Å². The van der Waals surface area contributed by atoms with Crippen molar-refractivity contribution in [3.63, 3.8) is 0 Å². The summed E-state index contributed by atoms with van der Waals surface area (Å²) in [6.45, 7) is 5.62. The fourth-order valence-corrected chi connectivity index (χ4v) is 2.76. The topological polar surface area (TPSA) is 107 Å². The van der Waals surface area contributed by atoms with Gasteiger partial charge in [0, 0.05) is 30.7 Å². The largest absolute Gasteiger partial charge is 0.477 e. The summed E-state index contributed by atoms with van der Waals surface area (Å²) in [6, 6.07) is 2.80. The van der Waals surface area contributed by atoms with Crippen LogP contribution >= 0.6 is 0 Å². The third kappa shape index (κ3) is 4.84. The zero-order valence-corrected chi connectivity index (χ0v) is 15.6. The average molecular weight is 379 g/mol. The van der Waals surface area contributed by atoms with E-state index < -0.39 is 17.2 Å². The summed E-state index contributed by atoms with van der Waals surface area (Å²) in [5.41, 5.74) is 5.10. The first-order chi connectivity index (χ1) is 13.0. The summed E-state index contributed by atoms with van der Waals surface area (Å²) in [4.78, 5) is 23.6. The quantitative estimate of drug-likeness (QED) is 0.609. The first-order valence-electron chi connectivity index (χ1n) is 9.16. The molecule has 0 amide bonds. The molecule has 1 saturated carbocycles. The van der Waals surface area contributed by atoms with Gasteiger partial charge in [-0.1, -0.05) is 13.8 Å². The Balaban J connectivity index is 0.00000126. The molecule has 0 bridgehead atoms. The van der Waals surface area contributed by atoms with Gasteiger partial charge in [0.1, 0.15) is 11.4 Å². The number of benzene rings is 1. The Bertz CT molecular complexity index is 862. The second kappa shape index (κ2) is 9.48. The molecule has 0 radical (unpaired) electrons. The van der Waals surface area contributed by atoms with Gasteiger partial charge in [0.05, 0.1) is 24.4 Å². The van der Waals surface area contributed by atoms with Crippen LogP contribution in [0, 0.1) is 5.82 Å². The molecule has 0 unspecified atom stereocenters. The summed E-state index contributed by atoms with van der Waals surface area (Å²) >= 11 is 0. The van der Waals surface area contributed by atoms with Crippen molar-refractivity contribution in [3.8, 4) is 0 Å². The number of aromatic nitrogens is 1. The van der Waals surface area contributed by atoms with Gasteiger partial charge in [-0.25, -0.2) is 9.18 Å². The van der Waals surface area contributed by atoms with Crippen molar-refractivity contribution in [2.75, 3.05) is 31.6 Å². The van der Waals surface area contributed by atoms with Crippen molar-refractivity contribution in [3.05, 3.63) is 39.9 Å². The maximum Gasteiger partial charge on any atom is 0.341 e. The van der Waals surface area contributed by atoms with Gasteiger partial charge in [-0.15, -0.1) is 0 Å². The second-order valence-electron chi connectivity index (χ2n) is 5.99. The Morgan fingerprint density at radius 3 is 2.67 bits per heavy atom. The van der Waals surface area contributed by atoms with Gasteiger partial charge >= 0.3 is 5.97 Å². The van der Waals surface area contributed by atoms with Gasteiger partial charge in [-0.2, -0.15) is 0 Å². The van der Waals surface area contributed by atoms with E-state index in [2.05, 4.69) is 5.32 Å². The Morgan fingerprint density at radius 2 is 2.07 bits per heavy atom. The number of carbonyl (C=O) groups is 1. The molecule has 1 aromatic heterocycles. The molecular formula is C19H26FN3O4. The molecule has 0 saturated heterocycles. The van der Waals surface area contributed by atoms with Gasteiger partial charge in [0.2, 0.25) is 5.43 Å². The molecule has 4 N–H and O–H groups in total. The van der Waals surface area contributed by atoms with E-state index in [9.17, 15) is 19.1 Å². The van der Waals surface area contributed by atoms with Crippen molar-refractivity contribution >= 4 is 22.6 Å². The van der Waals surface area contributed by atoms with E-state index in [1.165, 1.54) is 6.20 Å². The fraction of sp³-hybridized carbons (Fsp3) is 0.474. The highest BCUT2D eigenvalue weighted by Gasteiger charge is 2.27. The predicted octanol–water partition coefficient (Wildman–Crippen LogP) is 2.59. The predicted molar refractivity (Wildman–Crippen MR) is 103 cm³/mol. The molecule has 1 aliphatic carbocycles. The molecule has 1 heterocycles. The number of nitrogens with two attached hydrogens (primary N) is 1. The molecular weight excluding hydrogens is 353 g/mol. The number of nitrogens with zero attached hydrogens (tertiary/aromatic N) is 1. The van der Waals surface area contributed by atoms with Crippen LogP contribution < -0.4 is 16.5 Å². The lowest BCUT2D eigenvalue weighted by molar-refractivity contribution is 0.0695. The van der Waals surface area contributed by atoms with Gasteiger partial charge in [0.25, 0.3) is 0 Å². The van der Waals surface area contributed by atoms with Crippen LogP contribution in [0.1, 0.15) is 43.1 Å². The minimum absolute atomic E-state index is 0.0780. The number of nitrogens with one attached hydrogen (secondary N) is 1. The van der Waals surface area contributed by atoms with Crippen LogP contribution in [0.3, 0.4) is 0 Å². The maximum absolute atomic E-state index is 14.3. The normalized spacial score (nSPS) is 13.2. The SMILES string of the molecule is CC.NCCOCCNc1cc2c(cc1F)c(=O)c(C(=O)O)cn2C1CC1. The van der Waals surface area contributed by atoms with Crippen LogP contribution in [0.25, 0.3) is 10.9 Å². The van der Waals surface area contributed by atoms with Crippen LogP contribution in [0.15, 0.2) is 23.1 Å². The van der Waals surface area contributed by atoms with Gasteiger partial charge in [0.15, 0.2) is 0 Å². The van der Waals surface area contributed by atoms with E-state index in [1.807, 2.05) is 13.8 Å². The van der Waals surface area contributed by atoms with E-state index in [-0.39, 0.29) is 22.7 Å². The third-order valence-corrected chi connectivity index (χ3v) is 4.12. The number of rotatable bonds is 8. The first-order valence-corrected chi connectivity index (χ1v) is 9.16. The average Bonchev–Trinajstić information content (AvgIpc) is 3.49. The zero-order valence-electron chi connectivity index (χ0n) is 15.6. The highest BCUT2D eigenvalue weighted by atomic mass is 19.1. The first kappa shape index (κ1) is 20.9. The number of aromatic carboxylic acids is 1. The number of halogens is 1. The molecule has 8 heteroatoms. The Morgan fingerprint density at radius 1 is 1.37 bits per heavy atom. The number of carboxylic acids is 1. The molecule has 1 aromatic carbocycles. The summed E-state index contributed by atoms with van der Waals surface area (Å²) in [7, 11) is 0. The Hall–Kier alpha value is -2.45. The van der Waals surface area contributed by atoms with E-state index in [0.29, 0.717) is 31.8 Å². The number of pyridine rings is 1. The number of ether oxygens (including phenoxy) is 1. The van der Waals surface area contributed by atoms with Crippen LogP contribution in [0.2, 0.25) is 0 Å². The molecule has 3 rings (SSSR count). The number of hydrogen-bond donors (Lipinski definition) is 3. The van der Waals surface area contributed by atoms with Crippen LogP contribution in [0.5, 0.6) is 0 Å². The summed E-state index contributed by atoms with van der Waals surface area (Å²) in [6.07, 6.45) is 3.17. The van der Waals surface area contributed by atoms with Crippen molar-refractivity contribution in [1.29, 1.82) is 0 Å². The standard InChI is InChI=1S/C17H20FN3O4.C2H6/c18-13-7-11-15(8-14(13)20-4-6-25-5-3-19)21(10-1-2-10)9-12(16(11)22)17(23)24;1-2/h7-10,20H,1-6,19H2,(H,23,24);1-2H3. The molecule has 7 nitrogen and oxygen atoms in total. The Labute approximate surface area is 156 Å². The number of carboxylic acid groups (broad SMARTS) is 1. The van der Waals surface area contributed by atoms with Gasteiger partial charge < -0.3 is 25.5 Å². The molecule has 1 fully saturated rings. The number of hydrogen-bond acceptors (Lipinski definition) is 5. The molecule has 0 aliphatic heterocycles. The number of fused-ring (bicyclic) bond motifs is 1. The molecule has 2 aromatic rings. The van der Waals surface area contributed by atoms with E-state index >= 15 is 0 Å². The lowest BCUT2D eigenvalue weighted by atomic mass is 10.1. The maximum atomic E-state index is 14.3.